The number of fused-ring (bicyclic) bond motifs is 1. The monoisotopic (exact) mass is 368 g/mol. The van der Waals surface area contributed by atoms with E-state index in [-0.39, 0.29) is 5.91 Å². The lowest BCUT2D eigenvalue weighted by molar-refractivity contribution is 0.0955. The van der Waals surface area contributed by atoms with E-state index in [2.05, 4.69) is 69.6 Å². The van der Waals surface area contributed by atoms with E-state index in [0.717, 1.165) is 23.0 Å². The molecule has 0 aliphatic heterocycles. The third kappa shape index (κ3) is 3.83. The Morgan fingerprint density at radius 1 is 1.11 bits per heavy atom. The van der Waals surface area contributed by atoms with Gasteiger partial charge in [-0.15, -0.1) is 0 Å². The first kappa shape index (κ1) is 17.7. The molecule has 0 atom stereocenters. The number of hydrogen-bond donors (Lipinski definition) is 1. The van der Waals surface area contributed by atoms with E-state index in [1.807, 2.05) is 12.1 Å². The van der Waals surface area contributed by atoms with E-state index in [1.165, 1.54) is 17.3 Å². The van der Waals surface area contributed by atoms with Gasteiger partial charge in [-0.05, 0) is 30.7 Å². The predicted molar refractivity (Wildman–Crippen MR) is 112 cm³/mol. The molecule has 0 aliphatic carbocycles. The van der Waals surface area contributed by atoms with Gasteiger partial charge in [0, 0.05) is 41.6 Å². The summed E-state index contributed by atoms with van der Waals surface area (Å²) in [5.41, 5.74) is 7.60. The Morgan fingerprint density at radius 3 is 2.71 bits per heavy atom. The standard InChI is InChI=1S/C23H20N4O/c1-17-8-10-18(11-9-17)15-27-16-20(21-6-2-3-7-22(21)27)14-25-26-23(28)19-5-4-12-24-13-19/h2-14,16H,15H2,1H3,(H,26,28)/b25-14-. The average molecular weight is 368 g/mol. The number of carbonyl (C=O) groups is 1. The van der Waals surface area contributed by atoms with Crippen molar-refractivity contribution in [3.8, 4) is 0 Å². The molecule has 4 aromatic rings. The number of nitrogens with zero attached hydrogens (tertiary/aromatic N) is 3. The fraction of sp³-hybridized carbons (Fsp3) is 0.0870. The van der Waals surface area contributed by atoms with Crippen LogP contribution in [0.2, 0.25) is 0 Å². The number of rotatable bonds is 5. The molecule has 2 aromatic heterocycles. The number of nitrogens with one attached hydrogen (secondary N) is 1. The molecule has 2 aromatic carbocycles. The van der Waals surface area contributed by atoms with Gasteiger partial charge in [-0.1, -0.05) is 48.0 Å². The van der Waals surface area contributed by atoms with Crippen LogP contribution in [0.3, 0.4) is 0 Å². The zero-order valence-electron chi connectivity index (χ0n) is 15.5. The molecule has 4 rings (SSSR count). The van der Waals surface area contributed by atoms with Crippen molar-refractivity contribution in [2.24, 2.45) is 5.10 Å². The maximum Gasteiger partial charge on any atom is 0.272 e. The molecule has 0 saturated heterocycles. The maximum atomic E-state index is 12.1. The smallest absolute Gasteiger partial charge is 0.272 e. The summed E-state index contributed by atoms with van der Waals surface area (Å²) in [6.07, 6.45) is 6.88. The minimum atomic E-state index is -0.284. The highest BCUT2D eigenvalue weighted by Crippen LogP contribution is 2.21. The predicted octanol–water partition coefficient (Wildman–Crippen LogP) is 4.16. The van der Waals surface area contributed by atoms with Crippen LogP contribution in [-0.4, -0.2) is 21.7 Å². The normalized spacial score (nSPS) is 11.2. The number of amides is 1. The molecular weight excluding hydrogens is 348 g/mol. The van der Waals surface area contributed by atoms with Gasteiger partial charge in [-0.3, -0.25) is 9.78 Å². The Labute approximate surface area is 163 Å². The Balaban J connectivity index is 1.57. The van der Waals surface area contributed by atoms with Gasteiger partial charge < -0.3 is 4.57 Å². The summed E-state index contributed by atoms with van der Waals surface area (Å²) in [6.45, 7) is 2.86. The largest absolute Gasteiger partial charge is 0.342 e. The molecule has 0 bridgehead atoms. The molecule has 1 amide bonds. The van der Waals surface area contributed by atoms with Crippen molar-refractivity contribution in [2.45, 2.75) is 13.5 Å². The molecule has 0 aliphatic rings. The highest BCUT2D eigenvalue weighted by Gasteiger charge is 2.08. The lowest BCUT2D eigenvalue weighted by Gasteiger charge is -2.06. The summed E-state index contributed by atoms with van der Waals surface area (Å²) >= 11 is 0. The van der Waals surface area contributed by atoms with Gasteiger partial charge >= 0.3 is 0 Å². The molecule has 28 heavy (non-hydrogen) atoms. The summed E-state index contributed by atoms with van der Waals surface area (Å²) in [7, 11) is 0. The van der Waals surface area contributed by atoms with Crippen LogP contribution in [0.5, 0.6) is 0 Å². The SMILES string of the molecule is Cc1ccc(Cn2cc(/C=N\NC(=O)c3cccnc3)c3ccccc32)cc1. The van der Waals surface area contributed by atoms with E-state index >= 15 is 0 Å². The minimum absolute atomic E-state index is 0.284. The number of aryl methyl sites for hydroxylation is 1. The number of hydrogen-bond acceptors (Lipinski definition) is 3. The molecule has 0 spiro atoms. The van der Waals surface area contributed by atoms with Crippen molar-refractivity contribution >= 4 is 23.0 Å². The number of pyridine rings is 1. The van der Waals surface area contributed by atoms with Crippen molar-refractivity contribution in [3.05, 3.63) is 102 Å². The first-order chi connectivity index (χ1) is 13.7. The summed E-state index contributed by atoms with van der Waals surface area (Å²) in [5, 5.41) is 5.23. The summed E-state index contributed by atoms with van der Waals surface area (Å²) < 4.78 is 2.20. The van der Waals surface area contributed by atoms with Crippen molar-refractivity contribution in [3.63, 3.8) is 0 Å². The fourth-order valence-electron chi connectivity index (χ4n) is 3.12. The van der Waals surface area contributed by atoms with Crippen molar-refractivity contribution < 1.29 is 4.79 Å². The van der Waals surface area contributed by atoms with Crippen LogP contribution >= 0.6 is 0 Å². The molecule has 138 valence electrons. The lowest BCUT2D eigenvalue weighted by atomic mass is 10.1. The van der Waals surface area contributed by atoms with Gasteiger partial charge in [0.05, 0.1) is 11.8 Å². The Hall–Kier alpha value is -3.73. The van der Waals surface area contributed by atoms with Crippen LogP contribution in [0.4, 0.5) is 0 Å². The van der Waals surface area contributed by atoms with Gasteiger partial charge in [0.25, 0.3) is 5.91 Å². The third-order valence-electron chi connectivity index (χ3n) is 4.59. The van der Waals surface area contributed by atoms with E-state index in [1.54, 1.807) is 24.5 Å². The molecule has 0 saturated carbocycles. The van der Waals surface area contributed by atoms with Crippen LogP contribution in [0.1, 0.15) is 27.0 Å². The number of aromatic nitrogens is 2. The van der Waals surface area contributed by atoms with E-state index < -0.39 is 0 Å². The van der Waals surface area contributed by atoms with Gasteiger partial charge in [-0.2, -0.15) is 5.10 Å². The molecule has 1 N–H and O–H groups in total. The molecule has 2 heterocycles. The number of para-hydroxylation sites is 1. The zero-order valence-corrected chi connectivity index (χ0v) is 15.5. The third-order valence-corrected chi connectivity index (χ3v) is 4.59. The summed E-state index contributed by atoms with van der Waals surface area (Å²) in [5.74, 6) is -0.284. The van der Waals surface area contributed by atoms with Gasteiger partial charge in [-0.25, -0.2) is 5.43 Å². The first-order valence-electron chi connectivity index (χ1n) is 9.07. The molecule has 5 heteroatoms. The number of benzene rings is 2. The van der Waals surface area contributed by atoms with E-state index in [0.29, 0.717) is 5.56 Å². The number of hydrazone groups is 1. The average Bonchev–Trinajstić information content (AvgIpc) is 3.08. The van der Waals surface area contributed by atoms with E-state index in [9.17, 15) is 4.79 Å². The second-order valence-electron chi connectivity index (χ2n) is 6.66. The molecule has 0 fully saturated rings. The Bertz CT molecular complexity index is 1130. The summed E-state index contributed by atoms with van der Waals surface area (Å²) in [4.78, 5) is 16.0. The van der Waals surface area contributed by atoms with Crippen LogP contribution in [0.25, 0.3) is 10.9 Å². The molecule has 5 nitrogen and oxygen atoms in total. The van der Waals surface area contributed by atoms with Gasteiger partial charge in [0.1, 0.15) is 0 Å². The van der Waals surface area contributed by atoms with Crippen LogP contribution in [0, 0.1) is 6.92 Å². The van der Waals surface area contributed by atoms with Gasteiger partial charge in [0.2, 0.25) is 0 Å². The van der Waals surface area contributed by atoms with Crippen molar-refractivity contribution in [1.82, 2.24) is 15.0 Å². The van der Waals surface area contributed by atoms with Crippen LogP contribution in [-0.2, 0) is 6.54 Å². The number of carbonyl (C=O) groups excluding carboxylic acids is 1. The molecule has 0 unspecified atom stereocenters. The van der Waals surface area contributed by atoms with Crippen LogP contribution in [0.15, 0.2) is 84.4 Å². The lowest BCUT2D eigenvalue weighted by Crippen LogP contribution is -2.17. The molecular formula is C23H20N4O. The second-order valence-corrected chi connectivity index (χ2v) is 6.66. The highest BCUT2D eigenvalue weighted by atomic mass is 16.2. The van der Waals surface area contributed by atoms with Crippen molar-refractivity contribution in [2.75, 3.05) is 0 Å². The Morgan fingerprint density at radius 2 is 1.93 bits per heavy atom. The topological polar surface area (TPSA) is 59.3 Å². The van der Waals surface area contributed by atoms with E-state index in [4.69, 9.17) is 0 Å². The van der Waals surface area contributed by atoms with Crippen LogP contribution < -0.4 is 5.43 Å². The maximum absolute atomic E-state index is 12.1. The molecule has 0 radical (unpaired) electrons. The minimum Gasteiger partial charge on any atom is -0.342 e. The Kier molecular flexibility index (Phi) is 4.97. The highest BCUT2D eigenvalue weighted by molar-refractivity contribution is 6.00. The second kappa shape index (κ2) is 7.88. The fourth-order valence-corrected chi connectivity index (χ4v) is 3.12. The van der Waals surface area contributed by atoms with Gasteiger partial charge in [0.15, 0.2) is 0 Å². The summed E-state index contributed by atoms with van der Waals surface area (Å²) in [6, 6.07) is 20.1. The van der Waals surface area contributed by atoms with Crippen molar-refractivity contribution in [1.29, 1.82) is 0 Å². The first-order valence-corrected chi connectivity index (χ1v) is 9.07. The zero-order chi connectivity index (χ0) is 19.3. The quantitative estimate of drug-likeness (QED) is 0.425.